The Morgan fingerprint density at radius 2 is 2.11 bits per heavy atom. The standard InChI is InChI=1S/C11H11BrCl2FNO2S/c12-6-7-2-1-5-16(7)19(17,18)9-4-3-8(13)11(15)10(9)14/h3-4,7H,1-2,5-6H2. The molecule has 1 atom stereocenters. The summed E-state index contributed by atoms with van der Waals surface area (Å²) in [6, 6.07) is 2.32. The van der Waals surface area contributed by atoms with Crippen molar-refractivity contribution in [1.29, 1.82) is 0 Å². The van der Waals surface area contributed by atoms with Crippen LogP contribution < -0.4 is 0 Å². The summed E-state index contributed by atoms with van der Waals surface area (Å²) >= 11 is 14.6. The molecule has 0 N–H and O–H groups in total. The van der Waals surface area contributed by atoms with Gasteiger partial charge in [-0.3, -0.25) is 0 Å². The van der Waals surface area contributed by atoms with Crippen LogP contribution in [0.5, 0.6) is 0 Å². The topological polar surface area (TPSA) is 37.4 Å². The van der Waals surface area contributed by atoms with Gasteiger partial charge in [0, 0.05) is 17.9 Å². The fraction of sp³-hybridized carbons (Fsp3) is 0.455. The summed E-state index contributed by atoms with van der Waals surface area (Å²) < 4.78 is 40.0. The molecule has 106 valence electrons. The molecule has 2 rings (SSSR count). The van der Waals surface area contributed by atoms with E-state index in [4.69, 9.17) is 23.2 Å². The minimum absolute atomic E-state index is 0.125. The van der Waals surface area contributed by atoms with Gasteiger partial charge in [-0.25, -0.2) is 12.8 Å². The molecule has 1 heterocycles. The van der Waals surface area contributed by atoms with Gasteiger partial charge in [0.05, 0.1) is 10.0 Å². The molecule has 1 aliphatic rings. The van der Waals surface area contributed by atoms with Crippen LogP contribution in [-0.2, 0) is 10.0 Å². The second kappa shape index (κ2) is 5.85. The van der Waals surface area contributed by atoms with E-state index in [-0.39, 0.29) is 16.0 Å². The lowest BCUT2D eigenvalue weighted by atomic mass is 10.3. The van der Waals surface area contributed by atoms with Crippen LogP contribution in [0, 0.1) is 5.82 Å². The van der Waals surface area contributed by atoms with Crippen LogP contribution in [0.15, 0.2) is 17.0 Å². The summed E-state index contributed by atoms with van der Waals surface area (Å²) in [7, 11) is -3.80. The van der Waals surface area contributed by atoms with Gasteiger partial charge in [0.25, 0.3) is 0 Å². The van der Waals surface area contributed by atoms with Crippen molar-refractivity contribution in [3.63, 3.8) is 0 Å². The number of alkyl halides is 1. The van der Waals surface area contributed by atoms with Gasteiger partial charge in [0.15, 0.2) is 5.82 Å². The van der Waals surface area contributed by atoms with Crippen molar-refractivity contribution >= 4 is 49.2 Å². The zero-order chi connectivity index (χ0) is 14.2. The molecule has 0 bridgehead atoms. The smallest absolute Gasteiger partial charge is 0.207 e. The Morgan fingerprint density at radius 1 is 1.42 bits per heavy atom. The van der Waals surface area contributed by atoms with Gasteiger partial charge >= 0.3 is 0 Å². The van der Waals surface area contributed by atoms with Gasteiger partial charge in [-0.05, 0) is 25.0 Å². The highest BCUT2D eigenvalue weighted by Gasteiger charge is 2.36. The number of sulfonamides is 1. The van der Waals surface area contributed by atoms with Crippen LogP contribution in [0.1, 0.15) is 12.8 Å². The van der Waals surface area contributed by atoms with Crippen LogP contribution in [-0.4, -0.2) is 30.6 Å². The highest BCUT2D eigenvalue weighted by Crippen LogP contribution is 2.34. The first-order chi connectivity index (χ1) is 8.89. The maximum atomic E-state index is 13.6. The monoisotopic (exact) mass is 389 g/mol. The van der Waals surface area contributed by atoms with E-state index in [1.165, 1.54) is 16.4 Å². The molecular formula is C11H11BrCl2FNO2S. The maximum Gasteiger partial charge on any atom is 0.244 e. The van der Waals surface area contributed by atoms with E-state index in [0.29, 0.717) is 11.9 Å². The van der Waals surface area contributed by atoms with Crippen LogP contribution in [0.4, 0.5) is 4.39 Å². The summed E-state index contributed by atoms with van der Waals surface area (Å²) in [6.07, 6.45) is 1.56. The first-order valence-corrected chi connectivity index (χ1v) is 8.92. The van der Waals surface area contributed by atoms with Crippen molar-refractivity contribution < 1.29 is 12.8 Å². The van der Waals surface area contributed by atoms with E-state index in [1.54, 1.807) is 0 Å². The minimum atomic E-state index is -3.80. The highest BCUT2D eigenvalue weighted by molar-refractivity contribution is 9.09. The van der Waals surface area contributed by atoms with E-state index in [1.807, 2.05) is 0 Å². The summed E-state index contributed by atoms with van der Waals surface area (Å²) in [5.74, 6) is -0.904. The van der Waals surface area contributed by atoms with Gasteiger partial charge in [-0.1, -0.05) is 39.1 Å². The third kappa shape index (κ3) is 2.78. The predicted molar refractivity (Wildman–Crippen MR) is 77.1 cm³/mol. The quantitative estimate of drug-likeness (QED) is 0.583. The van der Waals surface area contributed by atoms with E-state index < -0.39 is 20.9 Å². The predicted octanol–water partition coefficient (Wildman–Crippen LogP) is 3.68. The van der Waals surface area contributed by atoms with E-state index in [9.17, 15) is 12.8 Å². The van der Waals surface area contributed by atoms with E-state index >= 15 is 0 Å². The fourth-order valence-corrected chi connectivity index (χ4v) is 5.39. The molecule has 1 aromatic carbocycles. The SMILES string of the molecule is O=S(=O)(c1ccc(Cl)c(F)c1Cl)N1CCCC1CBr. The molecule has 1 saturated heterocycles. The van der Waals surface area contributed by atoms with E-state index in [2.05, 4.69) is 15.9 Å². The summed E-state index contributed by atoms with van der Waals surface area (Å²) in [5, 5.41) is -0.102. The van der Waals surface area contributed by atoms with Gasteiger partial charge in [0.2, 0.25) is 10.0 Å². The Hall–Kier alpha value is 0.120. The molecule has 8 heteroatoms. The number of hydrogen-bond donors (Lipinski definition) is 0. The number of hydrogen-bond acceptors (Lipinski definition) is 2. The maximum absolute atomic E-state index is 13.6. The number of benzene rings is 1. The van der Waals surface area contributed by atoms with Crippen LogP contribution in [0.25, 0.3) is 0 Å². The average Bonchev–Trinajstić information content (AvgIpc) is 2.84. The van der Waals surface area contributed by atoms with Gasteiger partial charge in [-0.2, -0.15) is 4.31 Å². The van der Waals surface area contributed by atoms with Crippen molar-refractivity contribution in [3.05, 3.63) is 28.0 Å². The van der Waals surface area contributed by atoms with Gasteiger partial charge in [-0.15, -0.1) is 0 Å². The Kier molecular flexibility index (Phi) is 4.78. The second-order valence-corrected chi connectivity index (χ2v) is 7.53. The second-order valence-electron chi connectivity index (χ2n) is 4.24. The van der Waals surface area contributed by atoms with Crippen molar-refractivity contribution in [2.24, 2.45) is 0 Å². The molecule has 3 nitrogen and oxygen atoms in total. The lowest BCUT2D eigenvalue weighted by Gasteiger charge is -2.23. The summed E-state index contributed by atoms with van der Waals surface area (Å²) in [4.78, 5) is -0.232. The lowest BCUT2D eigenvalue weighted by Crippen LogP contribution is -2.36. The molecule has 0 aliphatic carbocycles. The van der Waals surface area contributed by atoms with Crippen molar-refractivity contribution in [1.82, 2.24) is 4.31 Å². The van der Waals surface area contributed by atoms with Crippen molar-refractivity contribution in [2.45, 2.75) is 23.8 Å². The van der Waals surface area contributed by atoms with Gasteiger partial charge in [0.1, 0.15) is 4.90 Å². The Balaban J connectivity index is 2.48. The molecule has 1 aromatic rings. The molecule has 0 saturated carbocycles. The molecule has 0 radical (unpaired) electrons. The molecule has 0 aromatic heterocycles. The molecule has 0 spiro atoms. The number of halogens is 4. The summed E-state index contributed by atoms with van der Waals surface area (Å²) in [5.41, 5.74) is 0. The van der Waals surface area contributed by atoms with E-state index in [0.717, 1.165) is 12.8 Å². The van der Waals surface area contributed by atoms with Crippen LogP contribution >= 0.6 is 39.1 Å². The zero-order valence-corrected chi connectivity index (χ0v) is 13.7. The third-order valence-corrected chi connectivity index (χ3v) is 6.60. The lowest BCUT2D eigenvalue weighted by molar-refractivity contribution is 0.413. The Morgan fingerprint density at radius 3 is 2.74 bits per heavy atom. The van der Waals surface area contributed by atoms with Crippen molar-refractivity contribution in [2.75, 3.05) is 11.9 Å². The molecule has 1 unspecified atom stereocenters. The van der Waals surface area contributed by atoms with Gasteiger partial charge < -0.3 is 0 Å². The molecule has 1 fully saturated rings. The molecule has 1 aliphatic heterocycles. The molecule has 0 amide bonds. The fourth-order valence-electron chi connectivity index (χ4n) is 2.11. The average molecular weight is 391 g/mol. The zero-order valence-electron chi connectivity index (χ0n) is 9.74. The molecule has 19 heavy (non-hydrogen) atoms. The first kappa shape index (κ1) is 15.5. The minimum Gasteiger partial charge on any atom is -0.207 e. The number of nitrogens with zero attached hydrogens (tertiary/aromatic N) is 1. The Labute approximate surface area is 129 Å². The van der Waals surface area contributed by atoms with Crippen molar-refractivity contribution in [3.8, 4) is 0 Å². The molecular weight excluding hydrogens is 380 g/mol. The Bertz CT molecular complexity index is 597. The van der Waals surface area contributed by atoms with Crippen LogP contribution in [0.2, 0.25) is 10.0 Å². The normalized spacial score (nSPS) is 20.9. The highest BCUT2D eigenvalue weighted by atomic mass is 79.9. The first-order valence-electron chi connectivity index (χ1n) is 5.61. The summed E-state index contributed by atoms with van der Waals surface area (Å²) in [6.45, 7) is 0.416. The number of rotatable bonds is 3. The third-order valence-electron chi connectivity index (χ3n) is 3.09. The largest absolute Gasteiger partial charge is 0.244 e. The van der Waals surface area contributed by atoms with Crippen LogP contribution in [0.3, 0.4) is 0 Å².